The summed E-state index contributed by atoms with van der Waals surface area (Å²) < 4.78 is 19.1. The molecule has 98 valence electrons. The Morgan fingerprint density at radius 3 is 2.68 bits per heavy atom. The highest BCUT2D eigenvalue weighted by atomic mass is 35.5. The summed E-state index contributed by atoms with van der Waals surface area (Å²) in [5.74, 6) is -0.0654. The van der Waals surface area contributed by atoms with Gasteiger partial charge in [0.1, 0.15) is 24.0 Å². The summed E-state index contributed by atoms with van der Waals surface area (Å²) in [6.07, 6.45) is 0. The quantitative estimate of drug-likeness (QED) is 0.666. The molecule has 0 aliphatic heterocycles. The minimum absolute atomic E-state index is 0.0489. The topological polar surface area (TPSA) is 59.1 Å². The van der Waals surface area contributed by atoms with Crippen LogP contribution in [-0.2, 0) is 6.61 Å². The molecule has 0 unspecified atom stereocenters. The van der Waals surface area contributed by atoms with Crippen LogP contribution in [0, 0.1) is 11.2 Å². The zero-order valence-electron chi connectivity index (χ0n) is 9.99. The molecule has 0 saturated carbocycles. The van der Waals surface area contributed by atoms with Gasteiger partial charge in [-0.25, -0.2) is 4.39 Å². The normalized spacial score (nSPS) is 10.2. The van der Waals surface area contributed by atoms with Gasteiger partial charge in [0, 0.05) is 10.6 Å². The first-order valence-electron chi connectivity index (χ1n) is 5.58. The predicted molar refractivity (Wildman–Crippen MR) is 73.2 cm³/mol. The third-order valence-electron chi connectivity index (χ3n) is 2.58. The molecule has 3 nitrogen and oxygen atoms in total. The molecule has 19 heavy (non-hydrogen) atoms. The monoisotopic (exact) mass is 278 g/mol. The van der Waals surface area contributed by atoms with Gasteiger partial charge in [-0.1, -0.05) is 29.8 Å². The molecule has 0 aliphatic rings. The highest BCUT2D eigenvalue weighted by Crippen LogP contribution is 2.20. The van der Waals surface area contributed by atoms with Gasteiger partial charge in [-0.05, 0) is 24.3 Å². The van der Waals surface area contributed by atoms with Crippen molar-refractivity contribution in [3.8, 4) is 5.75 Å². The van der Waals surface area contributed by atoms with E-state index in [1.807, 2.05) is 0 Å². The number of rotatable bonds is 4. The Morgan fingerprint density at radius 2 is 2.00 bits per heavy atom. The predicted octanol–water partition coefficient (Wildman–Crippen LogP) is 3.34. The molecule has 2 aromatic rings. The van der Waals surface area contributed by atoms with Gasteiger partial charge < -0.3 is 10.5 Å². The molecule has 0 amide bonds. The third-order valence-corrected chi connectivity index (χ3v) is 2.81. The Kier molecular flexibility index (Phi) is 4.02. The standard InChI is InChI=1S/C14H12ClFN2O/c15-10-6-5-9(12(16)7-10)8-19-13-4-2-1-3-11(13)14(17)18/h1-7H,8H2,(H3,17,18). The number of halogens is 2. The van der Waals surface area contributed by atoms with Crippen molar-refractivity contribution < 1.29 is 9.13 Å². The largest absolute Gasteiger partial charge is 0.488 e. The Hall–Kier alpha value is -2.07. The molecule has 0 aromatic heterocycles. The Bertz CT molecular complexity index is 616. The smallest absolute Gasteiger partial charge is 0.131 e. The SMILES string of the molecule is N=C(N)c1ccccc1OCc1ccc(Cl)cc1F. The van der Waals surface area contributed by atoms with E-state index >= 15 is 0 Å². The van der Waals surface area contributed by atoms with Crippen molar-refractivity contribution in [3.05, 3.63) is 64.4 Å². The molecule has 0 heterocycles. The van der Waals surface area contributed by atoms with Crippen molar-refractivity contribution in [2.24, 2.45) is 5.73 Å². The van der Waals surface area contributed by atoms with E-state index in [0.29, 0.717) is 21.9 Å². The van der Waals surface area contributed by atoms with Crippen LogP contribution in [0.3, 0.4) is 0 Å². The van der Waals surface area contributed by atoms with Crippen LogP contribution < -0.4 is 10.5 Å². The number of benzene rings is 2. The number of ether oxygens (including phenoxy) is 1. The van der Waals surface area contributed by atoms with Crippen LogP contribution >= 0.6 is 11.6 Å². The molecule has 2 rings (SSSR count). The maximum atomic E-state index is 13.6. The molecule has 0 fully saturated rings. The molecule has 0 atom stereocenters. The molecule has 0 saturated heterocycles. The van der Waals surface area contributed by atoms with E-state index in [1.165, 1.54) is 6.07 Å². The van der Waals surface area contributed by atoms with Crippen molar-refractivity contribution in [1.29, 1.82) is 5.41 Å². The number of amidine groups is 1. The summed E-state index contributed by atoms with van der Waals surface area (Å²) in [4.78, 5) is 0. The lowest BCUT2D eigenvalue weighted by Crippen LogP contribution is -2.13. The highest BCUT2D eigenvalue weighted by Gasteiger charge is 2.08. The number of hydrogen-bond donors (Lipinski definition) is 2. The second-order valence-corrected chi connectivity index (χ2v) is 4.37. The average molecular weight is 279 g/mol. The summed E-state index contributed by atoms with van der Waals surface area (Å²) in [5.41, 5.74) is 6.32. The molecule has 0 aliphatic carbocycles. The van der Waals surface area contributed by atoms with Crippen molar-refractivity contribution >= 4 is 17.4 Å². The first-order valence-corrected chi connectivity index (χ1v) is 5.96. The van der Waals surface area contributed by atoms with Gasteiger partial charge >= 0.3 is 0 Å². The van der Waals surface area contributed by atoms with Gasteiger partial charge in [0.15, 0.2) is 0 Å². The number of hydrogen-bond acceptors (Lipinski definition) is 2. The Balaban J connectivity index is 2.17. The van der Waals surface area contributed by atoms with E-state index in [2.05, 4.69) is 0 Å². The van der Waals surface area contributed by atoms with E-state index in [9.17, 15) is 4.39 Å². The van der Waals surface area contributed by atoms with Crippen LogP contribution in [0.2, 0.25) is 5.02 Å². The lowest BCUT2D eigenvalue weighted by molar-refractivity contribution is 0.299. The third kappa shape index (κ3) is 3.23. The number of para-hydroxylation sites is 1. The highest BCUT2D eigenvalue weighted by molar-refractivity contribution is 6.30. The first kappa shape index (κ1) is 13.4. The first-order chi connectivity index (χ1) is 9.08. The maximum Gasteiger partial charge on any atom is 0.131 e. The molecule has 0 bridgehead atoms. The summed E-state index contributed by atoms with van der Waals surface area (Å²) >= 11 is 5.68. The fraction of sp³-hybridized carbons (Fsp3) is 0.0714. The number of nitrogens with two attached hydrogens (primary N) is 1. The lowest BCUT2D eigenvalue weighted by atomic mass is 10.2. The second kappa shape index (κ2) is 5.71. The number of nitrogen functional groups attached to an aromatic ring is 1. The molecule has 3 N–H and O–H groups in total. The summed E-state index contributed by atoms with van der Waals surface area (Å²) in [6.45, 7) is 0.0489. The Labute approximate surface area is 115 Å². The van der Waals surface area contributed by atoms with E-state index in [4.69, 9.17) is 27.5 Å². The minimum Gasteiger partial charge on any atom is -0.488 e. The van der Waals surface area contributed by atoms with Crippen molar-refractivity contribution in [1.82, 2.24) is 0 Å². The fourth-order valence-corrected chi connectivity index (χ4v) is 1.77. The molecular formula is C14H12ClFN2O. The van der Waals surface area contributed by atoms with Gasteiger partial charge in [0.05, 0.1) is 5.56 Å². The van der Waals surface area contributed by atoms with Gasteiger partial charge in [-0.15, -0.1) is 0 Å². The molecule has 2 aromatic carbocycles. The van der Waals surface area contributed by atoms with Crippen LogP contribution in [0.15, 0.2) is 42.5 Å². The van der Waals surface area contributed by atoms with E-state index < -0.39 is 5.82 Å². The molecule has 0 radical (unpaired) electrons. The second-order valence-electron chi connectivity index (χ2n) is 3.93. The van der Waals surface area contributed by atoms with Crippen LogP contribution in [-0.4, -0.2) is 5.84 Å². The van der Waals surface area contributed by atoms with E-state index in [1.54, 1.807) is 36.4 Å². The maximum absolute atomic E-state index is 13.6. The van der Waals surface area contributed by atoms with Gasteiger partial charge in [-0.2, -0.15) is 0 Å². The van der Waals surface area contributed by atoms with Crippen molar-refractivity contribution in [3.63, 3.8) is 0 Å². The number of nitrogens with one attached hydrogen (secondary N) is 1. The van der Waals surface area contributed by atoms with Gasteiger partial charge in [0.2, 0.25) is 0 Å². The summed E-state index contributed by atoms with van der Waals surface area (Å²) in [5, 5.41) is 7.77. The van der Waals surface area contributed by atoms with Gasteiger partial charge in [0.25, 0.3) is 0 Å². The van der Waals surface area contributed by atoms with Crippen LogP contribution in [0.25, 0.3) is 0 Å². The molecular weight excluding hydrogens is 267 g/mol. The van der Waals surface area contributed by atoms with Crippen LogP contribution in [0.1, 0.15) is 11.1 Å². The van der Waals surface area contributed by atoms with Crippen LogP contribution in [0.5, 0.6) is 5.75 Å². The van der Waals surface area contributed by atoms with Crippen LogP contribution in [0.4, 0.5) is 4.39 Å². The fourth-order valence-electron chi connectivity index (χ4n) is 1.61. The van der Waals surface area contributed by atoms with Gasteiger partial charge in [-0.3, -0.25) is 5.41 Å². The van der Waals surface area contributed by atoms with E-state index in [0.717, 1.165) is 0 Å². The molecule has 0 spiro atoms. The molecule has 5 heteroatoms. The zero-order valence-corrected chi connectivity index (χ0v) is 10.7. The zero-order chi connectivity index (χ0) is 13.8. The summed E-state index contributed by atoms with van der Waals surface area (Å²) in [7, 11) is 0. The van der Waals surface area contributed by atoms with Crippen molar-refractivity contribution in [2.45, 2.75) is 6.61 Å². The van der Waals surface area contributed by atoms with Crippen molar-refractivity contribution in [2.75, 3.05) is 0 Å². The lowest BCUT2D eigenvalue weighted by Gasteiger charge is -2.11. The Morgan fingerprint density at radius 1 is 1.26 bits per heavy atom. The summed E-state index contributed by atoms with van der Waals surface area (Å²) in [6, 6.07) is 11.3. The average Bonchev–Trinajstić information content (AvgIpc) is 2.38. The minimum atomic E-state index is -0.423. The van der Waals surface area contributed by atoms with E-state index in [-0.39, 0.29) is 12.4 Å².